The summed E-state index contributed by atoms with van der Waals surface area (Å²) in [5.41, 5.74) is 1.10. The molecule has 2 aliphatic heterocycles. The van der Waals surface area contributed by atoms with Crippen molar-refractivity contribution in [2.75, 3.05) is 0 Å². The molecule has 2 heterocycles. The zero-order valence-electron chi connectivity index (χ0n) is 6.27. The third-order valence-corrected chi connectivity index (χ3v) is 1.80. The summed E-state index contributed by atoms with van der Waals surface area (Å²) < 4.78 is 7.23. The van der Waals surface area contributed by atoms with Crippen molar-refractivity contribution in [1.29, 1.82) is 0 Å². The van der Waals surface area contributed by atoms with Crippen LogP contribution in [-0.4, -0.2) is 9.78 Å². The van der Waals surface area contributed by atoms with Gasteiger partial charge in [0.1, 0.15) is 11.4 Å². The number of para-hydroxylation sites is 1. The Balaban J connectivity index is 1.86. The highest BCUT2D eigenvalue weighted by molar-refractivity contribution is 5.53. The molecule has 0 aromatic heterocycles. The van der Waals surface area contributed by atoms with E-state index in [9.17, 15) is 0 Å². The highest BCUT2D eigenvalue weighted by Gasteiger charge is 2.25. The molecule has 1 aromatic carbocycles. The molecule has 3 rings (SSSR count). The van der Waals surface area contributed by atoms with Gasteiger partial charge in [0, 0.05) is 0 Å². The summed E-state index contributed by atoms with van der Waals surface area (Å²) in [5.74, 6) is 1.56. The predicted molar refractivity (Wildman–Crippen MR) is 43.6 cm³/mol. The Morgan fingerprint density at radius 1 is 1.17 bits per heavy atom. The summed E-state index contributed by atoms with van der Waals surface area (Å²) in [6.07, 6.45) is 1.93. The van der Waals surface area contributed by atoms with E-state index in [1.807, 2.05) is 36.5 Å². The van der Waals surface area contributed by atoms with E-state index in [1.54, 1.807) is 4.68 Å². The van der Waals surface area contributed by atoms with Crippen molar-refractivity contribution in [1.82, 2.24) is 9.78 Å². The summed E-state index contributed by atoms with van der Waals surface area (Å²) in [7, 11) is 0. The molecule has 0 saturated heterocycles. The summed E-state index contributed by atoms with van der Waals surface area (Å²) in [6.45, 7) is 0. The van der Waals surface area contributed by atoms with Gasteiger partial charge in [-0.3, -0.25) is 0 Å². The molecule has 0 aliphatic carbocycles. The smallest absolute Gasteiger partial charge is 0.264 e. The number of benzene rings is 1. The highest BCUT2D eigenvalue weighted by atomic mass is 16.5. The van der Waals surface area contributed by atoms with Crippen molar-refractivity contribution in [2.45, 2.75) is 0 Å². The number of hydrogen-bond acceptors (Lipinski definition) is 2. The van der Waals surface area contributed by atoms with Gasteiger partial charge in [0.15, 0.2) is 0 Å². The minimum absolute atomic E-state index is 0.723. The Morgan fingerprint density at radius 2 is 2.00 bits per heavy atom. The lowest BCUT2D eigenvalue weighted by Crippen LogP contribution is -1.96. The number of aromatic nitrogens is 2. The highest BCUT2D eigenvalue weighted by Crippen LogP contribution is 2.35. The fourth-order valence-corrected chi connectivity index (χ4v) is 1.10. The van der Waals surface area contributed by atoms with Crippen molar-refractivity contribution in [3.8, 4) is 17.3 Å². The van der Waals surface area contributed by atoms with Crippen molar-refractivity contribution in [3.63, 3.8) is 0 Å². The third-order valence-electron chi connectivity index (χ3n) is 1.80. The standard InChI is InChI=1S/C9H6N2O/c1-2-4-7(5-3-1)12-9-8-6-11(8)10-9/h1-6H. The summed E-state index contributed by atoms with van der Waals surface area (Å²) in [5, 5.41) is 4.03. The fourth-order valence-electron chi connectivity index (χ4n) is 1.10. The lowest BCUT2D eigenvalue weighted by Gasteiger charge is -2.05. The van der Waals surface area contributed by atoms with Crippen LogP contribution in [0.25, 0.3) is 5.69 Å². The number of nitrogens with zero attached hydrogens (tertiary/aromatic N) is 2. The average molecular weight is 158 g/mol. The minimum atomic E-state index is 0.723. The van der Waals surface area contributed by atoms with Crippen LogP contribution in [0.3, 0.4) is 0 Å². The van der Waals surface area contributed by atoms with Gasteiger partial charge in [-0.15, -0.1) is 5.10 Å². The van der Waals surface area contributed by atoms with Gasteiger partial charge >= 0.3 is 0 Å². The summed E-state index contributed by atoms with van der Waals surface area (Å²) in [4.78, 5) is 0. The Labute approximate surface area is 69.2 Å². The maximum absolute atomic E-state index is 5.44. The predicted octanol–water partition coefficient (Wildman–Crippen LogP) is 1.98. The molecule has 0 atom stereocenters. The van der Waals surface area contributed by atoms with Gasteiger partial charge in [-0.1, -0.05) is 18.2 Å². The fraction of sp³-hybridized carbons (Fsp3) is 0. The number of hydrogen-bond donors (Lipinski definition) is 0. The summed E-state index contributed by atoms with van der Waals surface area (Å²) in [6, 6.07) is 9.65. The van der Waals surface area contributed by atoms with Crippen LogP contribution in [0.5, 0.6) is 11.6 Å². The van der Waals surface area contributed by atoms with Gasteiger partial charge in [0.05, 0.1) is 6.20 Å². The largest absolute Gasteiger partial charge is 0.436 e. The second-order valence-electron chi connectivity index (χ2n) is 2.68. The zero-order chi connectivity index (χ0) is 7.97. The molecule has 3 nitrogen and oxygen atoms in total. The van der Waals surface area contributed by atoms with E-state index < -0.39 is 0 Å². The molecular weight excluding hydrogens is 152 g/mol. The molecule has 1 aromatic rings. The number of ether oxygens (including phenoxy) is 1. The van der Waals surface area contributed by atoms with Crippen molar-refractivity contribution >= 4 is 0 Å². The first-order chi connectivity index (χ1) is 5.93. The molecule has 58 valence electrons. The Bertz CT molecular complexity index is 419. The average Bonchev–Trinajstić information content (AvgIpc) is 2.75. The zero-order valence-corrected chi connectivity index (χ0v) is 6.27. The number of fused-ring (bicyclic) bond motifs is 1. The molecule has 0 radical (unpaired) electrons. The first kappa shape index (κ1) is 5.83. The molecule has 12 heavy (non-hydrogen) atoms. The molecule has 3 heteroatoms. The van der Waals surface area contributed by atoms with Crippen molar-refractivity contribution < 1.29 is 4.74 Å². The third kappa shape index (κ3) is 0.733. The maximum Gasteiger partial charge on any atom is 0.264 e. The van der Waals surface area contributed by atoms with Crippen LogP contribution >= 0.6 is 0 Å². The minimum Gasteiger partial charge on any atom is -0.436 e. The van der Waals surface area contributed by atoms with Crippen LogP contribution in [-0.2, 0) is 0 Å². The van der Waals surface area contributed by atoms with E-state index in [1.165, 1.54) is 0 Å². The molecule has 2 aliphatic rings. The molecule has 0 amide bonds. The monoisotopic (exact) mass is 158 g/mol. The van der Waals surface area contributed by atoms with Crippen molar-refractivity contribution in [2.24, 2.45) is 0 Å². The SMILES string of the molecule is c1ccc(Oc2nn3cc2-3)cc1. The van der Waals surface area contributed by atoms with Crippen LogP contribution in [0, 0.1) is 0 Å². The van der Waals surface area contributed by atoms with Crippen LogP contribution in [0.15, 0.2) is 36.5 Å². The van der Waals surface area contributed by atoms with Gasteiger partial charge in [-0.2, -0.15) is 0 Å². The first-order valence-electron chi connectivity index (χ1n) is 3.76. The van der Waals surface area contributed by atoms with Gasteiger partial charge < -0.3 is 4.74 Å². The van der Waals surface area contributed by atoms with Crippen LogP contribution in [0.4, 0.5) is 0 Å². The van der Waals surface area contributed by atoms with Crippen LogP contribution in [0.2, 0.25) is 0 Å². The molecule has 0 spiro atoms. The molecule has 0 bridgehead atoms. The van der Waals surface area contributed by atoms with E-state index in [2.05, 4.69) is 5.10 Å². The van der Waals surface area contributed by atoms with E-state index in [0.29, 0.717) is 0 Å². The van der Waals surface area contributed by atoms with Gasteiger partial charge in [0.25, 0.3) is 5.88 Å². The molecule has 0 unspecified atom stereocenters. The topological polar surface area (TPSA) is 27.1 Å². The normalized spacial score (nSPS) is 11.3. The maximum atomic E-state index is 5.44. The summed E-state index contributed by atoms with van der Waals surface area (Å²) >= 11 is 0. The van der Waals surface area contributed by atoms with E-state index in [0.717, 1.165) is 17.3 Å². The van der Waals surface area contributed by atoms with Crippen LogP contribution < -0.4 is 4.74 Å². The Morgan fingerprint density at radius 3 is 2.58 bits per heavy atom. The molecular formula is C9H6N2O. The van der Waals surface area contributed by atoms with E-state index >= 15 is 0 Å². The quantitative estimate of drug-likeness (QED) is 0.570. The van der Waals surface area contributed by atoms with E-state index in [4.69, 9.17) is 4.74 Å². The Hall–Kier alpha value is -1.77. The second kappa shape index (κ2) is 1.88. The van der Waals surface area contributed by atoms with Crippen LogP contribution in [0.1, 0.15) is 0 Å². The molecule has 0 saturated carbocycles. The first-order valence-corrected chi connectivity index (χ1v) is 3.76. The second-order valence-corrected chi connectivity index (χ2v) is 2.68. The molecule has 0 fully saturated rings. The number of rotatable bonds is 2. The van der Waals surface area contributed by atoms with Gasteiger partial charge in [-0.25, -0.2) is 4.68 Å². The van der Waals surface area contributed by atoms with Crippen molar-refractivity contribution in [3.05, 3.63) is 36.5 Å². The lowest BCUT2D eigenvalue weighted by atomic mass is 10.3. The van der Waals surface area contributed by atoms with Gasteiger partial charge in [-0.05, 0) is 12.1 Å². The Kier molecular flexibility index (Phi) is 0.913. The van der Waals surface area contributed by atoms with Gasteiger partial charge in [0.2, 0.25) is 0 Å². The molecule has 0 N–H and O–H groups in total. The lowest BCUT2D eigenvalue weighted by molar-refractivity contribution is 0.438. The van der Waals surface area contributed by atoms with E-state index in [-0.39, 0.29) is 0 Å².